The van der Waals surface area contributed by atoms with E-state index in [-0.39, 0.29) is 5.78 Å². The highest BCUT2D eigenvalue weighted by atomic mass is 32.2. The molecular weight excluding hydrogens is 272 g/mol. The molecule has 0 amide bonds. The first kappa shape index (κ1) is 12.9. The van der Waals surface area contributed by atoms with Crippen LogP contribution in [0.4, 0.5) is 0 Å². The van der Waals surface area contributed by atoms with Crippen LogP contribution in [0.15, 0.2) is 52.1 Å². The van der Waals surface area contributed by atoms with Gasteiger partial charge in [-0.15, -0.1) is 10.2 Å². The Hall–Kier alpha value is -2.14. The van der Waals surface area contributed by atoms with Crippen LogP contribution in [0.3, 0.4) is 0 Å². The molecule has 0 N–H and O–H groups in total. The van der Waals surface area contributed by atoms with E-state index < -0.39 is 0 Å². The van der Waals surface area contributed by atoms with E-state index in [2.05, 4.69) is 16.3 Å². The third-order valence-corrected chi connectivity index (χ3v) is 3.76. The normalized spacial score (nSPS) is 10.8. The summed E-state index contributed by atoms with van der Waals surface area (Å²) >= 11 is 1.26. The predicted molar refractivity (Wildman–Crippen MR) is 78.6 cm³/mol. The van der Waals surface area contributed by atoms with Gasteiger partial charge >= 0.3 is 0 Å². The molecule has 0 spiro atoms. The summed E-state index contributed by atoms with van der Waals surface area (Å²) in [5, 5.41) is 10.7. The lowest BCUT2D eigenvalue weighted by Crippen LogP contribution is -1.92. The quantitative estimate of drug-likeness (QED) is 0.685. The minimum atomic E-state index is 0.0838. The van der Waals surface area contributed by atoms with Gasteiger partial charge in [0.2, 0.25) is 5.89 Å². The lowest BCUT2D eigenvalue weighted by atomic mass is 10.1. The first-order chi connectivity index (χ1) is 9.72. The molecule has 0 bridgehead atoms. The van der Waals surface area contributed by atoms with Gasteiger partial charge in [-0.1, -0.05) is 42.1 Å². The fourth-order valence-electron chi connectivity index (χ4n) is 1.87. The highest BCUT2D eigenvalue weighted by molar-refractivity contribution is 7.99. The van der Waals surface area contributed by atoms with Crippen LogP contribution < -0.4 is 0 Å². The third-order valence-electron chi connectivity index (χ3n) is 2.80. The molecule has 0 saturated heterocycles. The topological polar surface area (TPSA) is 56.0 Å². The first-order valence-electron chi connectivity index (χ1n) is 6.17. The molecule has 100 valence electrons. The van der Waals surface area contributed by atoms with Crippen LogP contribution in [0.25, 0.3) is 22.2 Å². The number of aromatic nitrogens is 2. The number of benzene rings is 2. The summed E-state index contributed by atoms with van der Waals surface area (Å²) in [6.07, 6.45) is 0. The molecule has 0 aliphatic rings. The second kappa shape index (κ2) is 5.46. The number of carbonyl (C=O) groups is 1. The van der Waals surface area contributed by atoms with Gasteiger partial charge in [0, 0.05) is 5.56 Å². The minimum Gasteiger partial charge on any atom is -0.411 e. The largest absolute Gasteiger partial charge is 0.411 e. The number of fused-ring (bicyclic) bond motifs is 1. The average molecular weight is 284 g/mol. The van der Waals surface area contributed by atoms with Gasteiger partial charge in [0.1, 0.15) is 5.78 Å². The smallest absolute Gasteiger partial charge is 0.277 e. The standard InChI is InChI=1S/C15H12N2O2S/c1-10(18)9-20-15-17-16-14(19-15)13-7-6-11-4-2-3-5-12(11)8-13/h2-8H,9H2,1H3. The molecule has 0 unspecified atom stereocenters. The predicted octanol–water partition coefficient (Wildman–Crippen LogP) is 3.57. The number of ketones is 1. The van der Waals surface area contributed by atoms with Gasteiger partial charge in [0.25, 0.3) is 5.22 Å². The lowest BCUT2D eigenvalue weighted by molar-refractivity contribution is -0.114. The van der Waals surface area contributed by atoms with Crippen molar-refractivity contribution in [1.82, 2.24) is 10.2 Å². The highest BCUT2D eigenvalue weighted by Gasteiger charge is 2.10. The molecule has 2 aromatic carbocycles. The molecule has 0 radical (unpaired) electrons. The van der Waals surface area contributed by atoms with Crippen LogP contribution in [0, 0.1) is 0 Å². The van der Waals surface area contributed by atoms with Crippen molar-refractivity contribution in [2.75, 3.05) is 5.75 Å². The third kappa shape index (κ3) is 2.72. The van der Waals surface area contributed by atoms with Crippen LogP contribution in [0.2, 0.25) is 0 Å². The Morgan fingerprint density at radius 3 is 2.75 bits per heavy atom. The molecule has 4 nitrogen and oxygen atoms in total. The summed E-state index contributed by atoms with van der Waals surface area (Å²) in [4.78, 5) is 10.9. The van der Waals surface area contributed by atoms with Crippen LogP contribution in [-0.2, 0) is 4.79 Å². The minimum absolute atomic E-state index is 0.0838. The Bertz CT molecular complexity index is 767. The maximum absolute atomic E-state index is 10.9. The molecule has 0 atom stereocenters. The van der Waals surface area contributed by atoms with Crippen molar-refractivity contribution in [3.8, 4) is 11.5 Å². The molecule has 1 heterocycles. The van der Waals surface area contributed by atoms with Gasteiger partial charge < -0.3 is 4.42 Å². The van der Waals surface area contributed by atoms with E-state index in [1.807, 2.05) is 36.4 Å². The maximum Gasteiger partial charge on any atom is 0.277 e. The molecule has 0 fully saturated rings. The molecule has 3 rings (SSSR count). The van der Waals surface area contributed by atoms with Gasteiger partial charge in [-0.2, -0.15) is 0 Å². The summed E-state index contributed by atoms with van der Waals surface area (Å²) in [6.45, 7) is 1.54. The molecular formula is C15H12N2O2S. The zero-order valence-corrected chi connectivity index (χ0v) is 11.7. The second-order valence-electron chi connectivity index (χ2n) is 4.43. The number of rotatable bonds is 4. The van der Waals surface area contributed by atoms with Crippen molar-refractivity contribution in [2.45, 2.75) is 12.1 Å². The molecule has 5 heteroatoms. The summed E-state index contributed by atoms with van der Waals surface area (Å²) in [7, 11) is 0. The van der Waals surface area contributed by atoms with Crippen LogP contribution in [0.5, 0.6) is 0 Å². The Balaban J connectivity index is 1.89. The Kier molecular flexibility index (Phi) is 3.52. The number of hydrogen-bond donors (Lipinski definition) is 0. The van der Waals surface area contributed by atoms with Gasteiger partial charge in [-0.25, -0.2) is 0 Å². The molecule has 0 aliphatic heterocycles. The summed E-state index contributed by atoms with van der Waals surface area (Å²) < 4.78 is 5.56. The number of nitrogens with zero attached hydrogens (tertiary/aromatic N) is 2. The van der Waals surface area contributed by atoms with E-state index in [1.54, 1.807) is 0 Å². The van der Waals surface area contributed by atoms with Crippen molar-refractivity contribution in [1.29, 1.82) is 0 Å². The van der Waals surface area contributed by atoms with E-state index in [1.165, 1.54) is 24.1 Å². The maximum atomic E-state index is 10.9. The number of hydrogen-bond acceptors (Lipinski definition) is 5. The molecule has 3 aromatic rings. The lowest BCUT2D eigenvalue weighted by Gasteiger charge is -1.99. The van der Waals surface area contributed by atoms with Crippen molar-refractivity contribution in [3.63, 3.8) is 0 Å². The van der Waals surface area contributed by atoms with Crippen LogP contribution >= 0.6 is 11.8 Å². The zero-order chi connectivity index (χ0) is 13.9. The Morgan fingerprint density at radius 2 is 1.95 bits per heavy atom. The van der Waals surface area contributed by atoms with Crippen molar-refractivity contribution >= 4 is 28.3 Å². The van der Waals surface area contributed by atoms with Gasteiger partial charge in [0.15, 0.2) is 0 Å². The van der Waals surface area contributed by atoms with E-state index in [9.17, 15) is 4.79 Å². The summed E-state index contributed by atoms with van der Waals surface area (Å²) in [6, 6.07) is 14.1. The Labute approximate surface area is 120 Å². The molecule has 0 aliphatic carbocycles. The summed E-state index contributed by atoms with van der Waals surface area (Å²) in [5.41, 5.74) is 0.880. The van der Waals surface area contributed by atoms with Crippen LogP contribution in [0.1, 0.15) is 6.92 Å². The average Bonchev–Trinajstić information content (AvgIpc) is 2.93. The van der Waals surface area contributed by atoms with Crippen molar-refractivity contribution in [2.24, 2.45) is 0 Å². The number of Topliss-reactive ketones (excluding diaryl/α,β-unsaturated/α-hetero) is 1. The first-order valence-corrected chi connectivity index (χ1v) is 7.16. The molecule has 1 aromatic heterocycles. The van der Waals surface area contributed by atoms with Gasteiger partial charge in [0.05, 0.1) is 5.75 Å². The fourth-order valence-corrected chi connectivity index (χ4v) is 2.43. The Morgan fingerprint density at radius 1 is 1.15 bits per heavy atom. The fraction of sp³-hybridized carbons (Fsp3) is 0.133. The summed E-state index contributed by atoms with van der Waals surface area (Å²) in [5.74, 6) is 0.904. The highest BCUT2D eigenvalue weighted by Crippen LogP contribution is 2.26. The van der Waals surface area contributed by atoms with Crippen LogP contribution in [-0.4, -0.2) is 21.7 Å². The monoisotopic (exact) mass is 284 g/mol. The van der Waals surface area contributed by atoms with Gasteiger partial charge in [-0.05, 0) is 29.8 Å². The van der Waals surface area contributed by atoms with Crippen molar-refractivity contribution in [3.05, 3.63) is 42.5 Å². The van der Waals surface area contributed by atoms with E-state index in [4.69, 9.17) is 4.42 Å². The van der Waals surface area contributed by atoms with Crippen molar-refractivity contribution < 1.29 is 9.21 Å². The molecule has 20 heavy (non-hydrogen) atoms. The zero-order valence-electron chi connectivity index (χ0n) is 10.9. The SMILES string of the molecule is CC(=O)CSc1nnc(-c2ccc3ccccc3c2)o1. The van der Waals surface area contributed by atoms with E-state index >= 15 is 0 Å². The van der Waals surface area contributed by atoms with E-state index in [0.717, 1.165) is 10.9 Å². The molecule has 0 saturated carbocycles. The number of thioether (sulfide) groups is 1. The second-order valence-corrected chi connectivity index (χ2v) is 5.35. The number of carbonyl (C=O) groups excluding carboxylic acids is 1. The van der Waals surface area contributed by atoms with Gasteiger partial charge in [-0.3, -0.25) is 4.79 Å². The van der Waals surface area contributed by atoms with E-state index in [0.29, 0.717) is 16.9 Å².